The van der Waals surface area contributed by atoms with E-state index < -0.39 is 118 Å². The lowest BCUT2D eigenvalue weighted by Gasteiger charge is -2.36. The summed E-state index contributed by atoms with van der Waals surface area (Å²) in [7, 11) is -4.73. The van der Waals surface area contributed by atoms with Crippen LogP contribution in [0, 0.1) is 0 Å². The third-order valence-corrected chi connectivity index (χ3v) is 28.2. The molecule has 0 radical (unpaired) electrons. The van der Waals surface area contributed by atoms with E-state index in [1.807, 2.05) is 55.4 Å². The fourth-order valence-electron chi connectivity index (χ4n) is 15.3. The lowest BCUT2D eigenvalue weighted by Crippen LogP contribution is -2.41. The molecular weight excluding hydrogens is 1290 g/mol. The first-order valence-corrected chi connectivity index (χ1v) is 40.1. The largest absolute Gasteiger partial charge is 0.400 e. The molecule has 11 aliphatic rings. The second kappa shape index (κ2) is 32.1. The van der Waals surface area contributed by atoms with Crippen LogP contribution < -0.4 is 10.6 Å². The number of benzene rings is 1. The lowest BCUT2D eigenvalue weighted by molar-refractivity contribution is -0.162. The summed E-state index contributed by atoms with van der Waals surface area (Å²) < 4.78 is 116. The number of aliphatic hydroxyl groups is 4. The number of fused-ring (bicyclic) bond motifs is 3. The Labute approximate surface area is 571 Å². The van der Waals surface area contributed by atoms with E-state index in [4.69, 9.17) is 74.7 Å². The highest BCUT2D eigenvalue weighted by molar-refractivity contribution is 7.81. The highest BCUT2D eigenvalue weighted by Crippen LogP contribution is 2.66. The summed E-state index contributed by atoms with van der Waals surface area (Å²) in [5.74, 6) is -3.60. The third kappa shape index (κ3) is 19.0. The minimum atomic E-state index is -3.98. The molecule has 1 aromatic rings. The Morgan fingerprint density at radius 3 is 0.800 bits per heavy atom. The Bertz CT molecular complexity index is 2440. The molecule has 0 aliphatic carbocycles. The zero-order valence-electron chi connectivity index (χ0n) is 61.1. The van der Waals surface area contributed by atoms with Crippen molar-refractivity contribution in [1.29, 1.82) is 0 Å². The van der Waals surface area contributed by atoms with Crippen LogP contribution >= 0.6 is 15.8 Å². The molecule has 24 atom stereocenters. The molecule has 0 spiro atoms. The molecule has 550 valence electrons. The van der Waals surface area contributed by atoms with Crippen molar-refractivity contribution in [3.05, 3.63) is 24.3 Å². The molecule has 0 unspecified atom stereocenters. The topological polar surface area (TPSA) is 269 Å². The number of aliphatic hydroxyl groups excluding tert-OH is 4. The number of hydrogen-bond donors (Lipinski definition) is 4. The number of rotatable bonds is 18. The van der Waals surface area contributed by atoms with Gasteiger partial charge in [-0.2, -0.15) is 8.42 Å². The van der Waals surface area contributed by atoms with Crippen LogP contribution in [0.25, 0.3) is 0 Å². The van der Waals surface area contributed by atoms with Crippen molar-refractivity contribution in [1.82, 2.24) is 0 Å². The van der Waals surface area contributed by atoms with Crippen LogP contribution in [0.1, 0.15) is 217 Å². The Morgan fingerprint density at radius 1 is 0.368 bits per heavy atom. The van der Waals surface area contributed by atoms with Gasteiger partial charge in [-0.1, -0.05) is 109 Å². The highest BCUT2D eigenvalue weighted by Gasteiger charge is 2.62. The van der Waals surface area contributed by atoms with Gasteiger partial charge in [-0.3, -0.25) is 0 Å². The number of ether oxygens (including phenoxy) is 14. The van der Waals surface area contributed by atoms with Gasteiger partial charge in [0.25, 0.3) is 0 Å². The van der Waals surface area contributed by atoms with E-state index in [-0.39, 0.29) is 64.7 Å². The van der Waals surface area contributed by atoms with Crippen molar-refractivity contribution in [3.8, 4) is 0 Å². The lowest BCUT2D eigenvalue weighted by atomic mass is 10.0. The highest BCUT2D eigenvalue weighted by atomic mass is 32.3. The molecule has 0 amide bonds. The molecule has 4 N–H and O–H groups in total. The second-order valence-electron chi connectivity index (χ2n) is 29.7. The van der Waals surface area contributed by atoms with E-state index in [0.29, 0.717) is 61.2 Å². The molecule has 0 aromatic heterocycles. The predicted octanol–water partition coefficient (Wildman–Crippen LogP) is 9.84. The molecule has 25 heteroatoms. The summed E-state index contributed by atoms with van der Waals surface area (Å²) in [4.78, 5) is 0. The molecule has 95 heavy (non-hydrogen) atoms. The molecular formula is C70H122O22P2S. The maximum Gasteiger partial charge on any atom is 0.400 e. The molecule has 0 bridgehead atoms. The van der Waals surface area contributed by atoms with Crippen LogP contribution in [-0.4, -0.2) is 221 Å². The van der Waals surface area contributed by atoms with Crippen LogP contribution in [0.5, 0.6) is 0 Å². The van der Waals surface area contributed by atoms with E-state index in [1.165, 1.54) is 0 Å². The van der Waals surface area contributed by atoms with Crippen LogP contribution in [-0.2, 0) is 85.1 Å². The Morgan fingerprint density at radius 2 is 0.589 bits per heavy atom. The standard InChI is InChI=1S/C28H44O4P2.C11H20O6S.2C11H22O4.C9H14O4/c1-9-17-23-24(30-27(5,6)29-23)18(10-2)33(17)21-15-13-14-16-22(21)34-19(11-3)25-26(20(34)12-4)32-28(7,8)31-25;1-5-7-9-10(15-11(3,4)14-9)8(6-2)17-18(12,13)16-7;2*1-5-7(12)9-10(8(13)6-2)15-11(3,4)14-9;1-9(2)12-7(5-3-10-5)8(13-9)6-4-11-6/h13-20,23-26H,9-12H2,1-8H3;7-10H,5-6H2,1-4H3;2*7-10,12-13H,5-6H2,1-4H3;5-8H,3-4H2,1-2H3/t17-,18-,19-,20-,23+,24+,25+,26+;3*7-,8-,9-,10-;5-,6-,7-,8-/m01111/s1. The summed E-state index contributed by atoms with van der Waals surface area (Å²) in [6.45, 7) is 45.2. The Kier molecular flexibility index (Phi) is 27.0. The fourth-order valence-corrected chi connectivity index (χ4v) is 24.5. The van der Waals surface area contributed by atoms with Gasteiger partial charge >= 0.3 is 10.4 Å². The average molecular weight is 1410 g/mol. The SMILES string of the molecule is CC1(C)O[C@H]([C@H]2CO2)[C@@H]([C@H]2CO2)O1.CC[C@@H](O)[C@H]1OC(C)(C)O[C@@H]1[C@H](O)CC.CC[C@@H](O)[C@H]1OC(C)(C)O[C@@H]1[C@H](O)CC.CC[C@H]1OS(=O)(=O)O[C@H](CC)[C@H]2OC(C)(C)O[C@@H]21.CC[C@H]1[C@H]2OC(C)(C)O[C@@H]2[C@H](CC)P1c1ccccc1P1[C@@H](CC)[C@H]2OC(C)(C)O[C@@H]2[C@@H]1CC. The van der Waals surface area contributed by atoms with Gasteiger partial charge in [0.2, 0.25) is 0 Å². The van der Waals surface area contributed by atoms with Crippen molar-refractivity contribution in [2.75, 3.05) is 13.2 Å². The molecule has 11 saturated heterocycles. The monoisotopic (exact) mass is 1410 g/mol. The van der Waals surface area contributed by atoms with Crippen LogP contribution in [0.2, 0.25) is 0 Å². The normalized spacial score (nSPS) is 41.7. The first-order valence-electron chi connectivity index (χ1n) is 35.8. The molecule has 11 aliphatic heterocycles. The van der Waals surface area contributed by atoms with Gasteiger partial charge in [0, 0.05) is 22.6 Å². The van der Waals surface area contributed by atoms with E-state index in [9.17, 15) is 28.8 Å². The minimum absolute atomic E-state index is 0.0718. The molecule has 12 rings (SSSR count). The summed E-state index contributed by atoms with van der Waals surface area (Å²) in [5, 5.41) is 42.4. The fraction of sp³-hybridized carbons (Fsp3) is 0.914. The first kappa shape index (κ1) is 79.9. The van der Waals surface area contributed by atoms with Gasteiger partial charge in [0.1, 0.15) is 73.2 Å². The molecule has 0 saturated carbocycles. The van der Waals surface area contributed by atoms with Gasteiger partial charge in [0.15, 0.2) is 34.7 Å². The van der Waals surface area contributed by atoms with Crippen molar-refractivity contribution in [2.24, 2.45) is 0 Å². The van der Waals surface area contributed by atoms with Crippen molar-refractivity contribution >= 4 is 36.9 Å². The number of epoxide rings is 2. The first-order chi connectivity index (χ1) is 44.4. The molecule has 11 fully saturated rings. The van der Waals surface area contributed by atoms with Crippen molar-refractivity contribution < 1.29 is 104 Å². The van der Waals surface area contributed by atoms with E-state index >= 15 is 0 Å². The summed E-state index contributed by atoms with van der Waals surface area (Å²) in [6.07, 6.45) is 3.43. The third-order valence-electron chi connectivity index (χ3n) is 19.7. The Balaban J connectivity index is 0.000000162. The quantitative estimate of drug-likeness (QED) is 0.0786. The van der Waals surface area contributed by atoms with Gasteiger partial charge in [-0.15, -0.1) is 0 Å². The average Bonchev–Trinajstić information content (AvgIpc) is 1.57. The van der Waals surface area contributed by atoms with E-state index in [2.05, 4.69) is 79.7 Å². The van der Waals surface area contributed by atoms with Gasteiger partial charge in [0.05, 0.1) is 62.0 Å². The summed E-state index contributed by atoms with van der Waals surface area (Å²) in [6, 6.07) is 9.45. The van der Waals surface area contributed by atoms with Crippen LogP contribution in [0.15, 0.2) is 24.3 Å². The van der Waals surface area contributed by atoms with Gasteiger partial charge < -0.3 is 86.7 Å². The molecule has 22 nitrogen and oxygen atoms in total. The maximum absolute atomic E-state index is 11.6. The summed E-state index contributed by atoms with van der Waals surface area (Å²) >= 11 is 0. The van der Waals surface area contributed by atoms with Crippen LogP contribution in [0.4, 0.5) is 0 Å². The zero-order valence-corrected chi connectivity index (χ0v) is 63.7. The smallest absolute Gasteiger partial charge is 0.390 e. The predicted molar refractivity (Wildman–Crippen MR) is 363 cm³/mol. The molecule has 1 aromatic carbocycles. The maximum atomic E-state index is 11.6. The minimum Gasteiger partial charge on any atom is -0.390 e. The summed E-state index contributed by atoms with van der Waals surface area (Å²) in [5.41, 5.74) is 2.21. The van der Waals surface area contributed by atoms with E-state index in [0.717, 1.165) is 38.9 Å². The second-order valence-corrected chi connectivity index (χ2v) is 36.2. The molecule has 11 heterocycles. The Hall–Kier alpha value is -0.770. The van der Waals surface area contributed by atoms with E-state index in [1.54, 1.807) is 52.2 Å². The van der Waals surface area contributed by atoms with Crippen LogP contribution in [0.3, 0.4) is 0 Å². The van der Waals surface area contributed by atoms with Gasteiger partial charge in [-0.05, 0) is 158 Å². The zero-order chi connectivity index (χ0) is 70.3. The van der Waals surface area contributed by atoms with Gasteiger partial charge in [-0.25, -0.2) is 8.37 Å². The number of hydrogen-bond acceptors (Lipinski definition) is 22. The van der Waals surface area contributed by atoms with Crippen molar-refractivity contribution in [2.45, 2.75) is 396 Å². The van der Waals surface area contributed by atoms with Crippen molar-refractivity contribution in [3.63, 3.8) is 0 Å².